The van der Waals surface area contributed by atoms with Crippen molar-refractivity contribution >= 4 is 10.9 Å². The van der Waals surface area contributed by atoms with E-state index in [0.717, 1.165) is 53.7 Å². The molecule has 1 atom stereocenters. The third kappa shape index (κ3) is 4.82. The molecule has 0 bridgehead atoms. The number of H-pyrrole nitrogens is 2. The van der Waals surface area contributed by atoms with Gasteiger partial charge in [-0.05, 0) is 87.8 Å². The molecule has 2 aromatic heterocycles. The number of imidazole rings is 1. The number of nitrogens with one attached hydrogen (secondary N) is 2. The van der Waals surface area contributed by atoms with E-state index in [0.29, 0.717) is 11.3 Å². The minimum Gasteiger partial charge on any atom is -0.486 e. The van der Waals surface area contributed by atoms with Crippen molar-refractivity contribution in [1.29, 1.82) is 5.26 Å². The number of ether oxygens (including phenoxy) is 1. The molecule has 0 spiro atoms. The topological polar surface area (TPSA) is 96.9 Å². The van der Waals surface area contributed by atoms with Crippen LogP contribution in [0.4, 0.5) is 4.39 Å². The molecule has 1 saturated heterocycles. The number of nitrogens with zero attached hydrogens (tertiary/aromatic N) is 5. The Morgan fingerprint density at radius 1 is 1.19 bits per heavy atom. The van der Waals surface area contributed by atoms with Gasteiger partial charge in [0.1, 0.15) is 23.4 Å². The van der Waals surface area contributed by atoms with Gasteiger partial charge < -0.3 is 14.6 Å². The van der Waals surface area contributed by atoms with Crippen LogP contribution in [0.5, 0.6) is 5.75 Å². The molecule has 4 heterocycles. The van der Waals surface area contributed by atoms with Crippen LogP contribution in [0.2, 0.25) is 0 Å². The second kappa shape index (κ2) is 9.61. The van der Waals surface area contributed by atoms with Crippen LogP contribution in [0.15, 0.2) is 36.4 Å². The Morgan fingerprint density at radius 2 is 2.03 bits per heavy atom. The zero-order valence-electron chi connectivity index (χ0n) is 21.1. The minimum atomic E-state index is -0.451. The van der Waals surface area contributed by atoms with Crippen molar-refractivity contribution in [2.45, 2.75) is 39.0 Å². The Balaban J connectivity index is 1.18. The number of aromatic amines is 2. The van der Waals surface area contributed by atoms with Crippen LogP contribution < -0.4 is 4.74 Å². The first-order chi connectivity index (χ1) is 17.9. The summed E-state index contributed by atoms with van der Waals surface area (Å²) in [5, 5.41) is 17.7. The highest BCUT2D eigenvalue weighted by atomic mass is 19.1. The van der Waals surface area contributed by atoms with E-state index >= 15 is 0 Å². The molecule has 2 aliphatic rings. The summed E-state index contributed by atoms with van der Waals surface area (Å²) >= 11 is 0. The standard InChI is InChI=1S/C28H30FN7O/c1-17(20-9-19(13-30)10-21(29)11-20)37-22-3-4-24-23(12-22)27(34-33-24)28-31-25-15-36(16-26(25)32-28)14-18-5-7-35(2)8-6-18/h3-4,9-12,17-18H,5-8,14-16H2,1-2H3,(H,31,32)(H,33,34). The fourth-order valence-electron chi connectivity index (χ4n) is 5.48. The van der Waals surface area contributed by atoms with Crippen LogP contribution in [0, 0.1) is 23.1 Å². The van der Waals surface area contributed by atoms with E-state index in [-0.39, 0.29) is 5.56 Å². The van der Waals surface area contributed by atoms with Gasteiger partial charge in [0.15, 0.2) is 5.82 Å². The van der Waals surface area contributed by atoms with Gasteiger partial charge in [-0.2, -0.15) is 10.4 Å². The van der Waals surface area contributed by atoms with Crippen molar-refractivity contribution in [2.75, 3.05) is 26.7 Å². The number of hydrogen-bond donors (Lipinski definition) is 2. The van der Waals surface area contributed by atoms with Crippen molar-refractivity contribution in [3.05, 3.63) is 64.7 Å². The molecule has 6 rings (SSSR count). The van der Waals surface area contributed by atoms with E-state index in [1.807, 2.05) is 31.2 Å². The van der Waals surface area contributed by atoms with Gasteiger partial charge in [0.2, 0.25) is 0 Å². The summed E-state index contributed by atoms with van der Waals surface area (Å²) < 4.78 is 20.0. The molecular weight excluding hydrogens is 469 g/mol. The van der Waals surface area contributed by atoms with Crippen molar-refractivity contribution in [3.63, 3.8) is 0 Å². The van der Waals surface area contributed by atoms with Crippen LogP contribution in [0.25, 0.3) is 22.4 Å². The van der Waals surface area contributed by atoms with Gasteiger partial charge in [0.05, 0.1) is 28.5 Å². The van der Waals surface area contributed by atoms with Gasteiger partial charge in [-0.1, -0.05) is 0 Å². The van der Waals surface area contributed by atoms with Crippen molar-refractivity contribution < 1.29 is 9.13 Å². The first kappa shape index (κ1) is 23.6. The molecule has 0 saturated carbocycles. The predicted octanol–water partition coefficient (Wildman–Crippen LogP) is 4.76. The van der Waals surface area contributed by atoms with E-state index in [9.17, 15) is 4.39 Å². The van der Waals surface area contributed by atoms with Gasteiger partial charge in [-0.25, -0.2) is 9.37 Å². The summed E-state index contributed by atoms with van der Waals surface area (Å²) in [4.78, 5) is 13.3. The molecule has 9 heteroatoms. The first-order valence-corrected chi connectivity index (χ1v) is 12.8. The average Bonchev–Trinajstić information content (AvgIpc) is 3.58. The second-order valence-corrected chi connectivity index (χ2v) is 10.4. The monoisotopic (exact) mass is 499 g/mol. The van der Waals surface area contributed by atoms with Gasteiger partial charge in [0.25, 0.3) is 0 Å². The molecule has 0 radical (unpaired) electrons. The molecule has 190 valence electrons. The molecule has 0 aliphatic carbocycles. The summed E-state index contributed by atoms with van der Waals surface area (Å²) in [6, 6.07) is 12.0. The highest BCUT2D eigenvalue weighted by Gasteiger charge is 2.28. The van der Waals surface area contributed by atoms with Crippen LogP contribution in [0.1, 0.15) is 48.4 Å². The number of aromatic nitrogens is 4. The molecule has 37 heavy (non-hydrogen) atoms. The number of benzene rings is 2. The largest absolute Gasteiger partial charge is 0.486 e. The van der Waals surface area contributed by atoms with E-state index < -0.39 is 11.9 Å². The third-order valence-electron chi connectivity index (χ3n) is 7.56. The maximum absolute atomic E-state index is 13.9. The summed E-state index contributed by atoms with van der Waals surface area (Å²) in [6.07, 6.45) is 2.10. The number of hydrogen-bond acceptors (Lipinski definition) is 6. The SMILES string of the molecule is CC(Oc1ccc2[nH]nc(-c3nc4c([nH]3)CN(CC3CCN(C)CC3)C4)c2c1)c1cc(F)cc(C#N)c1. The lowest BCUT2D eigenvalue weighted by atomic mass is 9.97. The molecule has 2 aromatic carbocycles. The van der Waals surface area contributed by atoms with Gasteiger partial charge in [-0.15, -0.1) is 0 Å². The minimum absolute atomic E-state index is 0.272. The first-order valence-electron chi connectivity index (χ1n) is 12.8. The van der Waals surface area contributed by atoms with Crippen LogP contribution in [-0.2, 0) is 13.1 Å². The van der Waals surface area contributed by atoms with Crippen molar-refractivity contribution in [3.8, 4) is 23.3 Å². The fraction of sp³-hybridized carbons (Fsp3) is 0.393. The van der Waals surface area contributed by atoms with Crippen molar-refractivity contribution in [2.24, 2.45) is 5.92 Å². The maximum Gasteiger partial charge on any atom is 0.159 e. The lowest BCUT2D eigenvalue weighted by Crippen LogP contribution is -2.35. The van der Waals surface area contributed by atoms with Crippen LogP contribution in [0.3, 0.4) is 0 Å². The quantitative estimate of drug-likeness (QED) is 0.397. The molecule has 2 N–H and O–H groups in total. The third-order valence-corrected chi connectivity index (χ3v) is 7.56. The second-order valence-electron chi connectivity index (χ2n) is 10.4. The highest BCUT2D eigenvalue weighted by Crippen LogP contribution is 2.33. The van der Waals surface area contributed by atoms with E-state index in [4.69, 9.17) is 15.0 Å². The molecule has 0 amide bonds. The van der Waals surface area contributed by atoms with Gasteiger partial charge >= 0.3 is 0 Å². The van der Waals surface area contributed by atoms with Crippen LogP contribution >= 0.6 is 0 Å². The molecule has 1 fully saturated rings. The Bertz CT molecular complexity index is 1450. The van der Waals surface area contributed by atoms with Gasteiger partial charge in [-0.3, -0.25) is 10.00 Å². The normalized spacial score (nSPS) is 17.7. The Hall–Kier alpha value is -3.74. The Morgan fingerprint density at radius 3 is 2.81 bits per heavy atom. The Labute approximate surface area is 215 Å². The zero-order valence-corrected chi connectivity index (χ0v) is 21.1. The molecule has 4 aromatic rings. The van der Waals surface area contributed by atoms with E-state index in [1.165, 1.54) is 43.8 Å². The molecular formula is C28H30FN7O. The van der Waals surface area contributed by atoms with E-state index in [2.05, 4.69) is 32.0 Å². The summed E-state index contributed by atoms with van der Waals surface area (Å²) in [5.41, 5.74) is 4.78. The molecule has 2 aliphatic heterocycles. The predicted molar refractivity (Wildman–Crippen MR) is 138 cm³/mol. The average molecular weight is 500 g/mol. The van der Waals surface area contributed by atoms with Gasteiger partial charge in [0, 0.05) is 25.0 Å². The summed E-state index contributed by atoms with van der Waals surface area (Å²) in [6.45, 7) is 7.09. The van der Waals surface area contributed by atoms with E-state index in [1.54, 1.807) is 6.07 Å². The smallest absolute Gasteiger partial charge is 0.159 e. The lowest BCUT2D eigenvalue weighted by Gasteiger charge is -2.31. The number of piperidine rings is 1. The molecule has 1 unspecified atom stereocenters. The zero-order chi connectivity index (χ0) is 25.5. The summed E-state index contributed by atoms with van der Waals surface area (Å²) in [5.74, 6) is 1.69. The van der Waals surface area contributed by atoms with Crippen molar-refractivity contribution in [1.82, 2.24) is 30.0 Å². The number of fused-ring (bicyclic) bond motifs is 2. The number of rotatable bonds is 6. The highest BCUT2D eigenvalue weighted by molar-refractivity contribution is 5.92. The fourth-order valence-corrected chi connectivity index (χ4v) is 5.48. The Kier molecular flexibility index (Phi) is 6.14. The lowest BCUT2D eigenvalue weighted by molar-refractivity contribution is 0.159. The number of nitriles is 1. The maximum atomic E-state index is 13.9. The summed E-state index contributed by atoms with van der Waals surface area (Å²) in [7, 11) is 2.20. The number of likely N-dealkylation sites (tertiary alicyclic amines) is 1. The number of halogens is 1. The van der Waals surface area contributed by atoms with Crippen LogP contribution in [-0.4, -0.2) is 56.6 Å². The molecule has 8 nitrogen and oxygen atoms in total.